The van der Waals surface area contributed by atoms with Crippen molar-refractivity contribution in [2.75, 3.05) is 25.0 Å². The van der Waals surface area contributed by atoms with Gasteiger partial charge in [0.1, 0.15) is 6.04 Å². The molecule has 9 heteroatoms. The van der Waals surface area contributed by atoms with Crippen molar-refractivity contribution in [3.63, 3.8) is 0 Å². The van der Waals surface area contributed by atoms with Crippen molar-refractivity contribution in [1.29, 1.82) is 0 Å². The molecule has 0 aliphatic carbocycles. The van der Waals surface area contributed by atoms with E-state index in [0.717, 1.165) is 24.3 Å². The smallest absolute Gasteiger partial charge is 0.329 e. The molecular weight excluding hydrogens is 391 g/mol. The summed E-state index contributed by atoms with van der Waals surface area (Å²) in [5.74, 6) is -0.311. The van der Waals surface area contributed by atoms with E-state index in [9.17, 15) is 14.4 Å². The Balaban J connectivity index is 0.00000261. The highest BCUT2D eigenvalue weighted by atomic mass is 35.5. The number of likely N-dealkylation sites (tertiary alicyclic amines) is 1. The first-order valence-electron chi connectivity index (χ1n) is 8.84. The summed E-state index contributed by atoms with van der Waals surface area (Å²) >= 11 is 5.85. The summed E-state index contributed by atoms with van der Waals surface area (Å²) in [4.78, 5) is 40.1. The normalized spacial score (nSPS) is 22.4. The fourth-order valence-electron chi connectivity index (χ4n) is 3.43. The van der Waals surface area contributed by atoms with Gasteiger partial charge in [0.2, 0.25) is 5.91 Å². The molecule has 148 valence electrons. The Morgan fingerprint density at radius 1 is 1.30 bits per heavy atom. The number of benzene rings is 1. The fourth-order valence-corrected chi connectivity index (χ4v) is 3.55. The number of hydrogen-bond donors (Lipinski definition) is 2. The summed E-state index contributed by atoms with van der Waals surface area (Å²) in [7, 11) is 1.90. The second kappa shape index (κ2) is 9.39. The molecule has 1 aromatic rings. The van der Waals surface area contributed by atoms with Gasteiger partial charge in [-0.15, -0.1) is 12.4 Å². The maximum Gasteiger partial charge on any atom is 0.329 e. The number of urea groups is 1. The van der Waals surface area contributed by atoms with E-state index in [1.165, 1.54) is 0 Å². The van der Waals surface area contributed by atoms with E-state index in [1.54, 1.807) is 24.3 Å². The average molecular weight is 415 g/mol. The first-order valence-corrected chi connectivity index (χ1v) is 9.22. The zero-order chi connectivity index (χ0) is 18.7. The van der Waals surface area contributed by atoms with E-state index in [4.69, 9.17) is 11.6 Å². The molecule has 2 fully saturated rings. The van der Waals surface area contributed by atoms with E-state index < -0.39 is 12.1 Å². The van der Waals surface area contributed by atoms with Crippen LogP contribution < -0.4 is 15.5 Å². The number of hydrogen-bond acceptors (Lipinski definition) is 4. The van der Waals surface area contributed by atoms with Gasteiger partial charge in [-0.2, -0.15) is 0 Å². The minimum Gasteiger partial charge on any atom is -0.341 e. The molecule has 2 N–H and O–H groups in total. The van der Waals surface area contributed by atoms with Crippen LogP contribution in [-0.4, -0.2) is 55.0 Å². The maximum absolute atomic E-state index is 12.6. The van der Waals surface area contributed by atoms with Gasteiger partial charge in [0, 0.05) is 30.6 Å². The number of carbonyl (C=O) groups is 3. The summed E-state index contributed by atoms with van der Waals surface area (Å²) in [5, 5.41) is 6.40. The minimum atomic E-state index is -0.674. The molecule has 2 unspecified atom stereocenters. The van der Waals surface area contributed by atoms with Crippen LogP contribution in [0, 0.1) is 0 Å². The number of halogens is 2. The molecule has 0 aromatic heterocycles. The number of amides is 4. The summed E-state index contributed by atoms with van der Waals surface area (Å²) < 4.78 is 0. The van der Waals surface area contributed by atoms with Gasteiger partial charge < -0.3 is 15.5 Å². The number of likely N-dealkylation sites (N-methyl/N-ethyl adjacent to an activating group) is 1. The Hall–Kier alpha value is -1.83. The van der Waals surface area contributed by atoms with Crippen molar-refractivity contribution in [3.05, 3.63) is 29.3 Å². The molecule has 7 nitrogen and oxygen atoms in total. The number of nitrogens with zero attached hydrogens (tertiary/aromatic N) is 2. The first-order chi connectivity index (χ1) is 12.5. The van der Waals surface area contributed by atoms with Gasteiger partial charge in [0.15, 0.2) is 0 Å². The van der Waals surface area contributed by atoms with Crippen LogP contribution in [0.5, 0.6) is 0 Å². The molecule has 2 atom stereocenters. The van der Waals surface area contributed by atoms with E-state index in [0.29, 0.717) is 29.7 Å². The molecule has 2 heterocycles. The average Bonchev–Trinajstić information content (AvgIpc) is 2.94. The highest BCUT2D eigenvalue weighted by Gasteiger charge is 2.39. The van der Waals surface area contributed by atoms with Crippen LogP contribution in [-0.2, 0) is 9.59 Å². The topological polar surface area (TPSA) is 81.8 Å². The van der Waals surface area contributed by atoms with Gasteiger partial charge in [-0.3, -0.25) is 9.59 Å². The van der Waals surface area contributed by atoms with E-state index >= 15 is 0 Å². The number of piperidine rings is 1. The van der Waals surface area contributed by atoms with Gasteiger partial charge in [-0.1, -0.05) is 11.6 Å². The van der Waals surface area contributed by atoms with Crippen LogP contribution in [0.3, 0.4) is 0 Å². The SMILES string of the molecule is CNC1CCCN(C(=O)CCC2NC(=O)N(c3ccc(Cl)cc3)C2=O)C1.Cl. The zero-order valence-electron chi connectivity index (χ0n) is 15.1. The molecule has 2 aliphatic rings. The third-order valence-corrected chi connectivity index (χ3v) is 5.19. The quantitative estimate of drug-likeness (QED) is 0.723. The number of nitrogens with one attached hydrogen (secondary N) is 2. The Morgan fingerprint density at radius 3 is 2.67 bits per heavy atom. The van der Waals surface area contributed by atoms with Gasteiger partial charge >= 0.3 is 6.03 Å². The third kappa shape index (κ3) is 4.91. The standard InChI is InChI=1S/C18H23ClN4O3.ClH/c1-20-13-3-2-10-22(11-13)16(24)9-8-15-17(25)23(18(26)21-15)14-6-4-12(19)5-7-14;/h4-7,13,15,20H,2-3,8-11H2,1H3,(H,21,26);1H. The highest BCUT2D eigenvalue weighted by Crippen LogP contribution is 2.23. The molecule has 2 aliphatic heterocycles. The molecule has 0 spiro atoms. The van der Waals surface area contributed by atoms with Crippen LogP contribution in [0.15, 0.2) is 24.3 Å². The molecule has 1 aromatic carbocycles. The lowest BCUT2D eigenvalue weighted by Gasteiger charge is -2.32. The Bertz CT molecular complexity index is 698. The molecule has 0 radical (unpaired) electrons. The van der Waals surface area contributed by atoms with Gasteiger partial charge in [0.25, 0.3) is 5.91 Å². The molecule has 0 saturated carbocycles. The monoisotopic (exact) mass is 414 g/mol. The second-order valence-electron chi connectivity index (χ2n) is 6.66. The van der Waals surface area contributed by atoms with Crippen LogP contribution >= 0.6 is 24.0 Å². The lowest BCUT2D eigenvalue weighted by atomic mass is 10.0. The summed E-state index contributed by atoms with van der Waals surface area (Å²) in [6, 6.07) is 5.68. The summed E-state index contributed by atoms with van der Waals surface area (Å²) in [6.45, 7) is 1.44. The van der Waals surface area contributed by atoms with Crippen molar-refractivity contribution < 1.29 is 14.4 Å². The maximum atomic E-state index is 12.6. The predicted octanol–water partition coefficient (Wildman–Crippen LogP) is 2.18. The number of carbonyl (C=O) groups excluding carboxylic acids is 3. The Labute approximate surface area is 169 Å². The van der Waals surface area contributed by atoms with Crippen LogP contribution in [0.1, 0.15) is 25.7 Å². The second-order valence-corrected chi connectivity index (χ2v) is 7.09. The van der Waals surface area contributed by atoms with E-state index in [-0.39, 0.29) is 30.6 Å². The first kappa shape index (κ1) is 21.5. The van der Waals surface area contributed by atoms with Gasteiger partial charge in [-0.25, -0.2) is 9.69 Å². The molecule has 0 bridgehead atoms. The van der Waals surface area contributed by atoms with E-state index in [1.807, 2.05) is 11.9 Å². The molecule has 3 rings (SSSR count). The summed E-state index contributed by atoms with van der Waals surface area (Å²) in [5.41, 5.74) is 0.471. The minimum absolute atomic E-state index is 0. The van der Waals surface area contributed by atoms with Crippen molar-refractivity contribution in [2.24, 2.45) is 0 Å². The fraction of sp³-hybridized carbons (Fsp3) is 0.500. The number of rotatable bonds is 5. The third-order valence-electron chi connectivity index (χ3n) is 4.93. The van der Waals surface area contributed by atoms with E-state index in [2.05, 4.69) is 10.6 Å². The largest absolute Gasteiger partial charge is 0.341 e. The van der Waals surface area contributed by atoms with Crippen molar-refractivity contribution in [2.45, 2.75) is 37.8 Å². The van der Waals surface area contributed by atoms with Crippen LogP contribution in [0.2, 0.25) is 5.02 Å². The van der Waals surface area contributed by atoms with Crippen molar-refractivity contribution in [3.8, 4) is 0 Å². The Morgan fingerprint density at radius 2 is 2.00 bits per heavy atom. The molecular formula is C18H24Cl2N4O3. The number of anilines is 1. The molecule has 4 amide bonds. The van der Waals surface area contributed by atoms with Crippen molar-refractivity contribution >= 4 is 47.5 Å². The molecule has 27 heavy (non-hydrogen) atoms. The summed E-state index contributed by atoms with van der Waals surface area (Å²) in [6.07, 6.45) is 2.57. The number of imide groups is 1. The van der Waals surface area contributed by atoms with Crippen LogP contribution in [0.25, 0.3) is 0 Å². The van der Waals surface area contributed by atoms with Gasteiger partial charge in [0.05, 0.1) is 5.69 Å². The zero-order valence-corrected chi connectivity index (χ0v) is 16.7. The predicted molar refractivity (Wildman–Crippen MR) is 106 cm³/mol. The van der Waals surface area contributed by atoms with Crippen molar-refractivity contribution in [1.82, 2.24) is 15.5 Å². The van der Waals surface area contributed by atoms with Gasteiger partial charge in [-0.05, 0) is 50.6 Å². The lowest BCUT2D eigenvalue weighted by Crippen LogP contribution is -2.47. The van der Waals surface area contributed by atoms with Crippen LogP contribution in [0.4, 0.5) is 10.5 Å². The Kier molecular flexibility index (Phi) is 7.47. The molecule has 2 saturated heterocycles. The highest BCUT2D eigenvalue weighted by molar-refractivity contribution is 6.30. The lowest BCUT2D eigenvalue weighted by molar-refractivity contribution is -0.132.